The van der Waals surface area contributed by atoms with Crippen LogP contribution < -0.4 is 0 Å². The smallest absolute Gasteiger partial charge is 0.000764 e. The first-order valence-electron chi connectivity index (χ1n) is 23.3. The molecule has 63 heavy (non-hydrogen) atoms. The van der Waals surface area contributed by atoms with Crippen LogP contribution in [0.4, 0.5) is 0 Å². The Kier molecular flexibility index (Phi) is 10.8. The van der Waals surface area contributed by atoms with Crippen molar-refractivity contribution in [3.05, 3.63) is 167 Å². The van der Waals surface area contributed by atoms with Gasteiger partial charge in [-0.25, -0.2) is 0 Å². The highest BCUT2D eigenvalue weighted by molar-refractivity contribution is 6.30. The Morgan fingerprint density at radius 1 is 0.254 bits per heavy atom. The predicted molar refractivity (Wildman–Crippen MR) is 279 cm³/mol. The molecule has 0 N–H and O–H groups in total. The minimum atomic E-state index is -0.0803. The van der Waals surface area contributed by atoms with Gasteiger partial charge in [0.05, 0.1) is 0 Å². The fraction of sp³-hybridized carbons (Fsp3) is 0.333. The predicted octanol–water partition coefficient (Wildman–Crippen LogP) is 18.6. The highest BCUT2D eigenvalue weighted by Gasteiger charge is 2.27. The first-order chi connectivity index (χ1) is 29.3. The van der Waals surface area contributed by atoms with E-state index >= 15 is 0 Å². The Morgan fingerprint density at radius 3 is 1.00 bits per heavy atom. The van der Waals surface area contributed by atoms with Gasteiger partial charge in [-0.2, -0.15) is 0 Å². The van der Waals surface area contributed by atoms with Crippen molar-refractivity contribution in [2.45, 2.75) is 138 Å². The second kappa shape index (κ2) is 15.4. The van der Waals surface area contributed by atoms with E-state index < -0.39 is 0 Å². The van der Waals surface area contributed by atoms with Crippen molar-refractivity contribution < 1.29 is 0 Å². The van der Waals surface area contributed by atoms with Crippen molar-refractivity contribution in [3.8, 4) is 44.5 Å². The molecule has 0 spiro atoms. The molecular formula is C63H70. The van der Waals surface area contributed by atoms with Gasteiger partial charge in [-0.3, -0.25) is 0 Å². The van der Waals surface area contributed by atoms with Gasteiger partial charge in [-0.05, 0) is 157 Å². The number of hydrogen-bond acceptors (Lipinski definition) is 0. The normalized spacial score (nSPS) is 13.1. The number of rotatable bonds is 4. The van der Waals surface area contributed by atoms with E-state index in [4.69, 9.17) is 0 Å². The van der Waals surface area contributed by atoms with Gasteiger partial charge in [-0.1, -0.05) is 225 Å². The van der Waals surface area contributed by atoms with Crippen LogP contribution in [0, 0.1) is 6.92 Å². The van der Waals surface area contributed by atoms with Crippen LogP contribution in [0.15, 0.2) is 133 Å². The van der Waals surface area contributed by atoms with Crippen LogP contribution in [0.2, 0.25) is 0 Å². The third kappa shape index (κ3) is 8.40. The van der Waals surface area contributed by atoms with Crippen LogP contribution in [0.1, 0.15) is 137 Å². The van der Waals surface area contributed by atoms with E-state index in [-0.39, 0.29) is 27.1 Å². The van der Waals surface area contributed by atoms with Gasteiger partial charge >= 0.3 is 0 Å². The van der Waals surface area contributed by atoms with Gasteiger partial charge in [0.2, 0.25) is 0 Å². The van der Waals surface area contributed by atoms with E-state index in [9.17, 15) is 0 Å². The molecule has 322 valence electrons. The molecule has 8 aromatic carbocycles. The zero-order valence-electron chi connectivity index (χ0n) is 41.2. The highest BCUT2D eigenvalue weighted by Crippen LogP contribution is 2.52. The average Bonchev–Trinajstić information content (AvgIpc) is 3.20. The summed E-state index contributed by atoms with van der Waals surface area (Å²) >= 11 is 0. The number of hydrogen-bond donors (Lipinski definition) is 0. The van der Waals surface area contributed by atoms with Crippen molar-refractivity contribution in [1.29, 1.82) is 0 Å². The van der Waals surface area contributed by atoms with Crippen LogP contribution in [0.3, 0.4) is 0 Å². The molecule has 0 heterocycles. The number of benzene rings is 8. The van der Waals surface area contributed by atoms with Crippen molar-refractivity contribution in [2.24, 2.45) is 0 Å². The molecule has 0 atom stereocenters. The van der Waals surface area contributed by atoms with E-state index in [1.54, 1.807) is 0 Å². The van der Waals surface area contributed by atoms with E-state index in [1.807, 2.05) is 0 Å². The van der Waals surface area contributed by atoms with Crippen LogP contribution in [0.5, 0.6) is 0 Å². The Hall–Kier alpha value is -5.46. The van der Waals surface area contributed by atoms with Crippen LogP contribution in [0.25, 0.3) is 76.8 Å². The molecule has 0 saturated heterocycles. The molecule has 0 bridgehead atoms. The number of fused-ring (bicyclic) bond motifs is 3. The Bertz CT molecular complexity index is 2990. The topological polar surface area (TPSA) is 0 Å². The molecule has 0 fully saturated rings. The summed E-state index contributed by atoms with van der Waals surface area (Å²) in [6.45, 7) is 37.0. The summed E-state index contributed by atoms with van der Waals surface area (Å²) in [4.78, 5) is 0. The maximum Gasteiger partial charge on any atom is -0.000764 e. The molecule has 0 nitrogen and oxygen atoms in total. The maximum atomic E-state index is 2.57. The van der Waals surface area contributed by atoms with Crippen molar-refractivity contribution in [1.82, 2.24) is 0 Å². The minimum Gasteiger partial charge on any atom is -0.0587 e. The molecular weight excluding hydrogens is 757 g/mol. The fourth-order valence-electron chi connectivity index (χ4n) is 9.46. The molecule has 0 aliphatic heterocycles. The highest BCUT2D eigenvalue weighted by atomic mass is 14.3. The summed E-state index contributed by atoms with van der Waals surface area (Å²) in [5.41, 5.74) is 18.2. The lowest BCUT2D eigenvalue weighted by Crippen LogP contribution is -2.12. The van der Waals surface area contributed by atoms with Crippen LogP contribution >= 0.6 is 0 Å². The monoisotopic (exact) mass is 827 g/mol. The van der Waals surface area contributed by atoms with Crippen molar-refractivity contribution in [3.63, 3.8) is 0 Å². The Balaban J connectivity index is 1.65. The zero-order chi connectivity index (χ0) is 45.6. The van der Waals surface area contributed by atoms with E-state index in [0.717, 1.165) is 0 Å². The summed E-state index contributed by atoms with van der Waals surface area (Å²) in [7, 11) is 0. The summed E-state index contributed by atoms with van der Waals surface area (Å²) < 4.78 is 0. The van der Waals surface area contributed by atoms with E-state index in [1.165, 1.54) is 110 Å². The zero-order valence-corrected chi connectivity index (χ0v) is 41.2. The standard InChI is InChI=1S/C63H70/c1-39-17-34-49-52(35-39)55(41-20-28-45(29-21-41)60(5,6)7)54-38-51-50(40-18-26-44(27-19-40)59(2,3)4)36-48(63(14,15)16)37-53(51)57(43-24-32-47(33-25-43)62(11,12)13)58(54)56(49)42-22-30-46(31-23-42)61(8,9)10/h17-38H,1-16H3. The molecule has 0 heteroatoms. The first-order valence-corrected chi connectivity index (χ1v) is 23.3. The third-order valence-electron chi connectivity index (χ3n) is 13.5. The molecule has 8 aromatic rings. The summed E-state index contributed by atoms with van der Waals surface area (Å²) in [5, 5.41) is 7.73. The van der Waals surface area contributed by atoms with Crippen LogP contribution in [-0.2, 0) is 27.1 Å². The second-order valence-electron chi connectivity index (χ2n) is 23.7. The first kappa shape index (κ1) is 44.2. The lowest BCUT2D eigenvalue weighted by molar-refractivity contribution is 0.590. The third-order valence-corrected chi connectivity index (χ3v) is 13.5. The lowest BCUT2D eigenvalue weighted by Gasteiger charge is -2.27. The van der Waals surface area contributed by atoms with E-state index in [2.05, 4.69) is 244 Å². The molecule has 0 aliphatic carbocycles. The summed E-state index contributed by atoms with van der Waals surface area (Å²) in [6.07, 6.45) is 0. The maximum absolute atomic E-state index is 2.57. The lowest BCUT2D eigenvalue weighted by atomic mass is 9.76. The van der Waals surface area contributed by atoms with Crippen molar-refractivity contribution >= 4 is 32.3 Å². The minimum absolute atomic E-state index is 0.0333. The van der Waals surface area contributed by atoms with Gasteiger partial charge in [0.25, 0.3) is 0 Å². The molecule has 8 rings (SSSR count). The van der Waals surface area contributed by atoms with Crippen LogP contribution in [-0.4, -0.2) is 0 Å². The molecule has 0 unspecified atom stereocenters. The van der Waals surface area contributed by atoms with Gasteiger partial charge in [-0.15, -0.1) is 0 Å². The fourth-order valence-corrected chi connectivity index (χ4v) is 9.46. The van der Waals surface area contributed by atoms with E-state index in [0.29, 0.717) is 0 Å². The van der Waals surface area contributed by atoms with Crippen molar-refractivity contribution in [2.75, 3.05) is 0 Å². The van der Waals surface area contributed by atoms with Gasteiger partial charge in [0.15, 0.2) is 0 Å². The van der Waals surface area contributed by atoms with Gasteiger partial charge < -0.3 is 0 Å². The molecule has 0 aliphatic rings. The SMILES string of the molecule is Cc1ccc2c(-c3ccc(C(C)(C)C)cc3)c3c(-c4ccc(C(C)(C)C)cc4)c4cc(C(C)(C)C)cc(-c5ccc(C(C)(C)C)cc5)c4cc3c(-c3ccc(C(C)(C)C)cc3)c2c1. The Morgan fingerprint density at radius 2 is 0.603 bits per heavy atom. The molecule has 0 aromatic heterocycles. The summed E-state index contributed by atoms with van der Waals surface area (Å²) in [5.74, 6) is 0. The van der Waals surface area contributed by atoms with Gasteiger partial charge in [0.1, 0.15) is 0 Å². The second-order valence-corrected chi connectivity index (χ2v) is 23.7. The summed E-state index contributed by atoms with van der Waals surface area (Å²) in [6, 6.07) is 52.6. The quantitative estimate of drug-likeness (QED) is 0.155. The molecule has 0 radical (unpaired) electrons. The largest absolute Gasteiger partial charge is 0.0587 e. The average molecular weight is 827 g/mol. The molecule has 0 amide bonds. The number of aryl methyl sites for hydroxylation is 1. The van der Waals surface area contributed by atoms with Gasteiger partial charge in [0, 0.05) is 0 Å². The Labute approximate surface area is 379 Å². The molecule has 0 saturated carbocycles.